The van der Waals surface area contributed by atoms with E-state index in [0.717, 1.165) is 73.4 Å². The molecule has 0 saturated heterocycles. The number of rotatable bonds is 16. The highest BCUT2D eigenvalue weighted by atomic mass is 32.2. The van der Waals surface area contributed by atoms with Crippen molar-refractivity contribution in [1.82, 2.24) is 4.90 Å². The van der Waals surface area contributed by atoms with Crippen molar-refractivity contribution in [1.29, 1.82) is 0 Å². The third kappa shape index (κ3) is 9.46. The lowest BCUT2D eigenvalue weighted by atomic mass is 9.85. The second-order valence-corrected chi connectivity index (χ2v) is 12.6. The van der Waals surface area contributed by atoms with Gasteiger partial charge in [0.25, 0.3) is 0 Å². The van der Waals surface area contributed by atoms with Gasteiger partial charge in [-0.25, -0.2) is 4.79 Å². The first-order valence-corrected chi connectivity index (χ1v) is 16.7. The molecular formula is C38H41NO5S. The van der Waals surface area contributed by atoms with Crippen LogP contribution in [0.25, 0.3) is 0 Å². The summed E-state index contributed by atoms with van der Waals surface area (Å²) in [6, 6.07) is 32.9. The van der Waals surface area contributed by atoms with Crippen LogP contribution in [0.3, 0.4) is 0 Å². The minimum absolute atomic E-state index is 0.167. The fourth-order valence-corrected chi connectivity index (χ4v) is 6.88. The van der Waals surface area contributed by atoms with Crippen molar-refractivity contribution < 1.29 is 24.5 Å². The molecule has 6 nitrogen and oxygen atoms in total. The van der Waals surface area contributed by atoms with Crippen LogP contribution in [0.1, 0.15) is 76.3 Å². The lowest BCUT2D eigenvalue weighted by Gasteiger charge is -2.36. The molecule has 0 aromatic heterocycles. The van der Waals surface area contributed by atoms with Gasteiger partial charge in [-0.15, -0.1) is 11.8 Å². The number of carboxylic acids is 2. The third-order valence-corrected chi connectivity index (χ3v) is 9.49. The number of hydrogen-bond acceptors (Lipinski definition) is 5. The Bertz CT molecular complexity index is 1560. The van der Waals surface area contributed by atoms with Crippen molar-refractivity contribution in [3.05, 3.63) is 130 Å². The molecule has 234 valence electrons. The average Bonchev–Trinajstić information content (AvgIpc) is 3.07. The van der Waals surface area contributed by atoms with Crippen LogP contribution >= 0.6 is 11.8 Å². The summed E-state index contributed by atoms with van der Waals surface area (Å²) in [6.45, 7) is 2.08. The Morgan fingerprint density at radius 3 is 2.38 bits per heavy atom. The smallest absolute Gasteiger partial charge is 0.335 e. The van der Waals surface area contributed by atoms with E-state index >= 15 is 0 Å². The lowest BCUT2D eigenvalue weighted by Crippen LogP contribution is -2.34. The first-order valence-electron chi connectivity index (χ1n) is 15.7. The summed E-state index contributed by atoms with van der Waals surface area (Å²) in [5.41, 5.74) is 6.17. The van der Waals surface area contributed by atoms with Gasteiger partial charge in [-0.1, -0.05) is 66.7 Å². The summed E-state index contributed by atoms with van der Waals surface area (Å²) in [5, 5.41) is 18.7. The number of carbonyl (C=O) groups is 2. The van der Waals surface area contributed by atoms with Gasteiger partial charge < -0.3 is 14.9 Å². The van der Waals surface area contributed by atoms with Gasteiger partial charge in [-0.3, -0.25) is 9.69 Å². The maximum Gasteiger partial charge on any atom is 0.335 e. The van der Waals surface area contributed by atoms with Crippen LogP contribution in [0, 0.1) is 0 Å². The van der Waals surface area contributed by atoms with Gasteiger partial charge in [0.2, 0.25) is 0 Å². The van der Waals surface area contributed by atoms with Crippen molar-refractivity contribution in [3.63, 3.8) is 0 Å². The molecule has 0 amide bonds. The molecule has 1 aliphatic carbocycles. The highest BCUT2D eigenvalue weighted by Gasteiger charge is 2.26. The molecule has 1 unspecified atom stereocenters. The van der Waals surface area contributed by atoms with E-state index in [9.17, 15) is 14.7 Å². The molecule has 1 atom stereocenters. The summed E-state index contributed by atoms with van der Waals surface area (Å²) in [4.78, 5) is 26.4. The van der Waals surface area contributed by atoms with Gasteiger partial charge >= 0.3 is 11.9 Å². The monoisotopic (exact) mass is 623 g/mol. The largest absolute Gasteiger partial charge is 0.489 e. The summed E-state index contributed by atoms with van der Waals surface area (Å²) >= 11 is 1.83. The average molecular weight is 624 g/mol. The maximum atomic E-state index is 11.6. The molecule has 0 aliphatic heterocycles. The number of fused-ring (bicyclic) bond motifs is 1. The first-order chi connectivity index (χ1) is 22.0. The molecule has 0 heterocycles. The topological polar surface area (TPSA) is 87.1 Å². The molecule has 1 aliphatic rings. The molecule has 7 heteroatoms. The number of benzene rings is 4. The SMILES string of the molecule is O=C(O)CCCCN(CCc1ccccc1OCc1ccc(CSc2ccccc2)cc1)C1CCCc2cc(C(=O)O)ccc21. The van der Waals surface area contributed by atoms with Crippen LogP contribution in [-0.2, 0) is 30.0 Å². The minimum Gasteiger partial charge on any atom is -0.489 e. The van der Waals surface area contributed by atoms with Crippen LogP contribution in [0.15, 0.2) is 102 Å². The number of ether oxygens (including phenoxy) is 1. The normalized spacial score (nSPS) is 14.2. The van der Waals surface area contributed by atoms with E-state index < -0.39 is 11.9 Å². The molecule has 0 radical (unpaired) electrons. The molecular weight excluding hydrogens is 582 g/mol. The zero-order chi connectivity index (χ0) is 31.4. The fraction of sp³-hybridized carbons (Fsp3) is 0.316. The summed E-state index contributed by atoms with van der Waals surface area (Å²) in [6.07, 6.45) is 5.26. The molecule has 2 N–H and O–H groups in total. The van der Waals surface area contributed by atoms with E-state index in [1.807, 2.05) is 48.2 Å². The number of thioether (sulfide) groups is 1. The van der Waals surface area contributed by atoms with Gasteiger partial charge in [0.1, 0.15) is 12.4 Å². The number of aliphatic carboxylic acids is 1. The predicted octanol–water partition coefficient (Wildman–Crippen LogP) is 8.43. The lowest BCUT2D eigenvalue weighted by molar-refractivity contribution is -0.137. The van der Waals surface area contributed by atoms with Gasteiger partial charge in [0, 0.05) is 29.7 Å². The van der Waals surface area contributed by atoms with E-state index in [1.165, 1.54) is 16.0 Å². The Morgan fingerprint density at radius 1 is 0.844 bits per heavy atom. The predicted molar refractivity (Wildman–Crippen MR) is 179 cm³/mol. The van der Waals surface area contributed by atoms with Crippen LogP contribution < -0.4 is 4.74 Å². The number of nitrogens with zero attached hydrogens (tertiary/aromatic N) is 1. The van der Waals surface area contributed by atoms with Crippen molar-refractivity contribution in [3.8, 4) is 5.75 Å². The molecule has 4 aromatic carbocycles. The van der Waals surface area contributed by atoms with Crippen LogP contribution in [0.2, 0.25) is 0 Å². The standard InChI is InChI=1S/C38H41NO5S/c40-37(41)15-6-7-23-39(35-13-8-10-31-25-32(38(42)43)20-21-34(31)35)24-22-30-9-4-5-14-36(30)44-26-28-16-18-29(19-17-28)27-45-33-11-2-1-3-12-33/h1-5,9,11-12,14,16-21,25,35H,6-8,10,13,15,22-24,26-27H2,(H,40,41)(H,42,43). The van der Waals surface area contributed by atoms with Crippen molar-refractivity contribution in [2.24, 2.45) is 0 Å². The van der Waals surface area contributed by atoms with Gasteiger partial charge in [0.15, 0.2) is 0 Å². The Balaban J connectivity index is 1.22. The van der Waals surface area contributed by atoms with E-state index in [-0.39, 0.29) is 12.5 Å². The number of aromatic carboxylic acids is 1. The molecule has 5 rings (SSSR count). The van der Waals surface area contributed by atoms with E-state index in [2.05, 4.69) is 59.5 Å². The summed E-state index contributed by atoms with van der Waals surface area (Å²) < 4.78 is 6.34. The second kappa shape index (κ2) is 16.3. The molecule has 0 saturated carbocycles. The number of para-hydroxylation sites is 1. The van der Waals surface area contributed by atoms with E-state index in [4.69, 9.17) is 9.84 Å². The third-order valence-electron chi connectivity index (χ3n) is 8.41. The van der Waals surface area contributed by atoms with E-state index in [0.29, 0.717) is 18.6 Å². The molecule has 0 fully saturated rings. The zero-order valence-corrected chi connectivity index (χ0v) is 26.4. The molecule has 4 aromatic rings. The van der Waals surface area contributed by atoms with Crippen LogP contribution in [0.5, 0.6) is 5.75 Å². The maximum absolute atomic E-state index is 11.6. The number of aryl methyl sites for hydroxylation is 1. The zero-order valence-electron chi connectivity index (χ0n) is 25.6. The molecule has 0 spiro atoms. The highest BCUT2D eigenvalue weighted by molar-refractivity contribution is 7.98. The quantitative estimate of drug-likeness (QED) is 0.0957. The van der Waals surface area contributed by atoms with E-state index in [1.54, 1.807) is 6.07 Å². The minimum atomic E-state index is -0.903. The molecule has 45 heavy (non-hydrogen) atoms. The van der Waals surface area contributed by atoms with Gasteiger partial charge in [0.05, 0.1) is 5.56 Å². The second-order valence-electron chi connectivity index (χ2n) is 11.6. The van der Waals surface area contributed by atoms with Crippen molar-refractivity contribution >= 4 is 23.7 Å². The van der Waals surface area contributed by atoms with Crippen LogP contribution in [-0.4, -0.2) is 40.1 Å². The Hall–Kier alpha value is -4.07. The van der Waals surface area contributed by atoms with Gasteiger partial charge in [-0.2, -0.15) is 0 Å². The van der Waals surface area contributed by atoms with Crippen molar-refractivity contribution in [2.75, 3.05) is 13.1 Å². The number of carboxylic acid groups (broad SMARTS) is 2. The Morgan fingerprint density at radius 2 is 1.60 bits per heavy atom. The van der Waals surface area contributed by atoms with Crippen LogP contribution in [0.4, 0.5) is 0 Å². The van der Waals surface area contributed by atoms with Crippen molar-refractivity contribution in [2.45, 2.75) is 68.2 Å². The molecule has 0 bridgehead atoms. The number of hydrogen-bond donors (Lipinski definition) is 2. The summed E-state index contributed by atoms with van der Waals surface area (Å²) in [5.74, 6) is 0.132. The Kier molecular flexibility index (Phi) is 11.7. The highest BCUT2D eigenvalue weighted by Crippen LogP contribution is 2.36. The Labute approximate surface area is 270 Å². The summed E-state index contributed by atoms with van der Waals surface area (Å²) in [7, 11) is 0. The van der Waals surface area contributed by atoms with Gasteiger partial charge in [-0.05, 0) is 103 Å². The first kappa shape index (κ1) is 32.3. The number of unbranched alkanes of at least 4 members (excludes halogenated alkanes) is 1. The fourth-order valence-electron chi connectivity index (χ4n) is 6.01.